The Hall–Kier alpha value is -1.44. The van der Waals surface area contributed by atoms with Gasteiger partial charge in [-0.05, 0) is 11.8 Å². The monoisotopic (exact) mass is 216 g/mol. The van der Waals surface area contributed by atoms with Crippen molar-refractivity contribution in [2.45, 2.75) is 26.7 Å². The van der Waals surface area contributed by atoms with Crippen LogP contribution in [0.25, 0.3) is 0 Å². The molecule has 0 N–H and O–H groups in total. The zero-order valence-electron chi connectivity index (χ0n) is 9.69. The third kappa shape index (κ3) is 2.06. The van der Waals surface area contributed by atoms with Crippen molar-refractivity contribution in [3.05, 3.63) is 35.9 Å². The Kier molecular flexibility index (Phi) is 2.66. The molecule has 1 unspecified atom stereocenters. The quantitative estimate of drug-likeness (QED) is 0.562. The zero-order valence-corrected chi connectivity index (χ0v) is 9.69. The Balaban J connectivity index is 2.21. The summed E-state index contributed by atoms with van der Waals surface area (Å²) >= 11 is 0. The van der Waals surface area contributed by atoms with Gasteiger partial charge in [0.05, 0.1) is 5.92 Å². The van der Waals surface area contributed by atoms with E-state index in [4.69, 9.17) is 0 Å². The maximum absolute atomic E-state index is 12.1. The molecule has 0 saturated heterocycles. The largest absolute Gasteiger partial charge is 0.299 e. The summed E-state index contributed by atoms with van der Waals surface area (Å²) in [6.07, 6.45) is 1.20. The van der Waals surface area contributed by atoms with Crippen molar-refractivity contribution in [3.8, 4) is 0 Å². The molecule has 2 heteroatoms. The van der Waals surface area contributed by atoms with Gasteiger partial charge in [0.2, 0.25) is 0 Å². The molecule has 0 bridgehead atoms. The van der Waals surface area contributed by atoms with E-state index in [0.29, 0.717) is 18.4 Å². The van der Waals surface area contributed by atoms with Gasteiger partial charge >= 0.3 is 0 Å². The first-order valence-corrected chi connectivity index (χ1v) is 5.62. The molecule has 0 heterocycles. The third-order valence-corrected chi connectivity index (χ3v) is 3.17. The van der Waals surface area contributed by atoms with E-state index >= 15 is 0 Å². The van der Waals surface area contributed by atoms with Gasteiger partial charge in [0.15, 0.2) is 5.78 Å². The highest BCUT2D eigenvalue weighted by atomic mass is 16.2. The van der Waals surface area contributed by atoms with Gasteiger partial charge in [-0.2, -0.15) is 0 Å². The Morgan fingerprint density at radius 1 is 1.25 bits per heavy atom. The van der Waals surface area contributed by atoms with Gasteiger partial charge in [-0.3, -0.25) is 9.59 Å². The van der Waals surface area contributed by atoms with Crippen LogP contribution in [-0.4, -0.2) is 11.6 Å². The summed E-state index contributed by atoms with van der Waals surface area (Å²) in [4.78, 5) is 23.9. The van der Waals surface area contributed by atoms with Gasteiger partial charge in [0, 0.05) is 12.0 Å². The molecule has 1 atom stereocenters. The van der Waals surface area contributed by atoms with Crippen LogP contribution in [0.15, 0.2) is 30.3 Å². The van der Waals surface area contributed by atoms with Crippen molar-refractivity contribution in [3.63, 3.8) is 0 Å². The van der Waals surface area contributed by atoms with Crippen molar-refractivity contribution >= 4 is 11.6 Å². The molecule has 0 spiro atoms. The summed E-state index contributed by atoms with van der Waals surface area (Å²) in [5.41, 5.74) is 0.630. The number of hydrogen-bond acceptors (Lipinski definition) is 2. The predicted octanol–water partition coefficient (Wildman–Crippen LogP) is 2.87. The van der Waals surface area contributed by atoms with Crippen LogP contribution in [0.5, 0.6) is 0 Å². The van der Waals surface area contributed by atoms with E-state index in [2.05, 4.69) is 0 Å². The second-order valence-electron chi connectivity index (χ2n) is 5.29. The molecular formula is C14H16O2. The lowest BCUT2D eigenvalue weighted by Gasteiger charge is -2.15. The summed E-state index contributed by atoms with van der Waals surface area (Å²) in [6, 6.07) is 9.09. The molecule has 0 aliphatic heterocycles. The molecule has 1 fully saturated rings. The van der Waals surface area contributed by atoms with E-state index in [1.54, 1.807) is 12.1 Å². The van der Waals surface area contributed by atoms with Gasteiger partial charge in [0.1, 0.15) is 5.78 Å². The summed E-state index contributed by atoms with van der Waals surface area (Å²) < 4.78 is 0. The van der Waals surface area contributed by atoms with E-state index < -0.39 is 5.92 Å². The minimum absolute atomic E-state index is 0.0174. The maximum atomic E-state index is 12.1. The van der Waals surface area contributed by atoms with Crippen LogP contribution in [0.4, 0.5) is 0 Å². The van der Waals surface area contributed by atoms with E-state index in [-0.39, 0.29) is 17.0 Å². The number of ketones is 2. The Labute approximate surface area is 95.7 Å². The van der Waals surface area contributed by atoms with Gasteiger partial charge in [-0.25, -0.2) is 0 Å². The topological polar surface area (TPSA) is 34.1 Å². The fourth-order valence-electron chi connectivity index (χ4n) is 2.38. The molecule has 2 nitrogen and oxygen atoms in total. The highest BCUT2D eigenvalue weighted by Crippen LogP contribution is 2.39. The molecule has 1 aliphatic rings. The average molecular weight is 216 g/mol. The molecule has 84 valence electrons. The second-order valence-corrected chi connectivity index (χ2v) is 5.29. The summed E-state index contributed by atoms with van der Waals surface area (Å²) in [7, 11) is 0. The fraction of sp³-hybridized carbons (Fsp3) is 0.429. The van der Waals surface area contributed by atoms with Crippen molar-refractivity contribution in [2.24, 2.45) is 11.3 Å². The molecular weight excluding hydrogens is 200 g/mol. The van der Waals surface area contributed by atoms with Crippen LogP contribution in [0.3, 0.4) is 0 Å². The van der Waals surface area contributed by atoms with E-state index in [0.717, 1.165) is 0 Å². The van der Waals surface area contributed by atoms with Crippen LogP contribution in [-0.2, 0) is 4.79 Å². The molecule has 1 aliphatic carbocycles. The minimum atomic E-state index is -0.419. The predicted molar refractivity (Wildman–Crippen MR) is 62.3 cm³/mol. The molecule has 1 aromatic rings. The first kappa shape index (κ1) is 11.1. The minimum Gasteiger partial charge on any atom is -0.299 e. The molecule has 16 heavy (non-hydrogen) atoms. The highest BCUT2D eigenvalue weighted by molar-refractivity contribution is 6.11. The number of carbonyl (C=O) groups excluding carboxylic acids is 2. The molecule has 0 amide bonds. The SMILES string of the molecule is CC1(C)CC(=O)C(C(=O)c2ccccc2)C1. The number of Topliss-reactive ketones (excluding diaryl/α,β-unsaturated/α-hetero) is 2. The first-order chi connectivity index (χ1) is 7.49. The Bertz CT molecular complexity index is 418. The number of carbonyl (C=O) groups is 2. The molecule has 2 rings (SSSR count). The maximum Gasteiger partial charge on any atom is 0.173 e. The van der Waals surface area contributed by atoms with Gasteiger partial charge in [-0.15, -0.1) is 0 Å². The third-order valence-electron chi connectivity index (χ3n) is 3.17. The number of benzene rings is 1. The Morgan fingerprint density at radius 2 is 1.88 bits per heavy atom. The lowest BCUT2D eigenvalue weighted by molar-refractivity contribution is -0.119. The normalized spacial score (nSPS) is 23.4. The molecule has 1 saturated carbocycles. The van der Waals surface area contributed by atoms with Gasteiger partial charge in [-0.1, -0.05) is 44.2 Å². The van der Waals surface area contributed by atoms with Crippen LogP contribution in [0.1, 0.15) is 37.0 Å². The van der Waals surface area contributed by atoms with Crippen LogP contribution < -0.4 is 0 Å². The van der Waals surface area contributed by atoms with Crippen LogP contribution in [0, 0.1) is 11.3 Å². The van der Waals surface area contributed by atoms with Crippen LogP contribution >= 0.6 is 0 Å². The summed E-state index contributed by atoms with van der Waals surface area (Å²) in [5, 5.41) is 0. The van der Waals surface area contributed by atoms with Crippen molar-refractivity contribution in [2.75, 3.05) is 0 Å². The van der Waals surface area contributed by atoms with Crippen molar-refractivity contribution in [1.29, 1.82) is 0 Å². The van der Waals surface area contributed by atoms with Crippen molar-refractivity contribution < 1.29 is 9.59 Å². The number of rotatable bonds is 2. The van der Waals surface area contributed by atoms with Gasteiger partial charge in [0.25, 0.3) is 0 Å². The lowest BCUT2D eigenvalue weighted by Crippen LogP contribution is -2.18. The summed E-state index contributed by atoms with van der Waals surface area (Å²) in [5.74, 6) is -0.340. The Morgan fingerprint density at radius 3 is 2.38 bits per heavy atom. The highest BCUT2D eigenvalue weighted by Gasteiger charge is 2.41. The number of hydrogen-bond donors (Lipinski definition) is 0. The molecule has 1 aromatic carbocycles. The molecule has 0 radical (unpaired) electrons. The standard InChI is InChI=1S/C14H16O2/c1-14(2)8-11(12(15)9-14)13(16)10-6-4-3-5-7-10/h3-7,11H,8-9H2,1-2H3. The average Bonchev–Trinajstić information content (AvgIpc) is 2.52. The zero-order chi connectivity index (χ0) is 11.8. The van der Waals surface area contributed by atoms with Crippen molar-refractivity contribution in [1.82, 2.24) is 0 Å². The molecule has 0 aromatic heterocycles. The fourth-order valence-corrected chi connectivity index (χ4v) is 2.38. The van der Waals surface area contributed by atoms with Gasteiger partial charge < -0.3 is 0 Å². The lowest BCUT2D eigenvalue weighted by atomic mass is 9.88. The van der Waals surface area contributed by atoms with Crippen LogP contribution in [0.2, 0.25) is 0 Å². The smallest absolute Gasteiger partial charge is 0.173 e. The van der Waals surface area contributed by atoms with E-state index in [9.17, 15) is 9.59 Å². The second kappa shape index (κ2) is 3.85. The van der Waals surface area contributed by atoms with E-state index in [1.165, 1.54) is 0 Å². The summed E-state index contributed by atoms with van der Waals surface area (Å²) in [6.45, 7) is 4.09. The van der Waals surface area contributed by atoms with E-state index in [1.807, 2.05) is 32.0 Å². The first-order valence-electron chi connectivity index (χ1n) is 5.62.